The Kier molecular flexibility index (Phi) is 8.80. The quantitative estimate of drug-likeness (QED) is 0.156. The first-order valence-corrected chi connectivity index (χ1v) is 12.1. The highest BCUT2D eigenvalue weighted by atomic mass is 79.9. The lowest BCUT2D eigenvalue weighted by Crippen LogP contribution is -2.46. The first-order chi connectivity index (χ1) is 17.1. The number of nitrogens with two attached hydrogens (primary N) is 1. The fourth-order valence-corrected chi connectivity index (χ4v) is 3.41. The van der Waals surface area contributed by atoms with Crippen molar-refractivity contribution in [1.29, 1.82) is 0 Å². The summed E-state index contributed by atoms with van der Waals surface area (Å²) >= 11 is 3.41. The van der Waals surface area contributed by atoms with E-state index in [9.17, 15) is 19.2 Å². The SMILES string of the molecule is CC(C)(C(N)=O)C(=O)NCCCNc1nc(Nc2ccc(NC(=O)[C@@H]3CCC(=O)O3)cc2)ncc1Br. The standard InChI is InChI=1S/C23H28BrN7O5/c1-23(2,20(25)34)21(35)27-11-3-10-26-18-15(24)12-28-22(31-18)30-14-6-4-13(5-7-14)29-19(33)16-8-9-17(32)36-16/h4-7,12,16H,3,8-11H2,1-2H3,(H2,25,34)(H,27,35)(H,29,33)(H2,26,28,30,31)/t16-/m0/s1. The lowest BCUT2D eigenvalue weighted by Gasteiger charge is -2.19. The summed E-state index contributed by atoms with van der Waals surface area (Å²) in [5.41, 5.74) is 5.25. The number of carbonyl (C=O) groups excluding carboxylic acids is 4. The maximum absolute atomic E-state index is 12.2. The molecule has 3 amide bonds. The molecule has 1 fully saturated rings. The number of nitrogens with zero attached hydrogens (tertiary/aromatic N) is 2. The molecule has 36 heavy (non-hydrogen) atoms. The van der Waals surface area contributed by atoms with Crippen LogP contribution in [0, 0.1) is 5.41 Å². The molecule has 1 aromatic heterocycles. The van der Waals surface area contributed by atoms with Crippen molar-refractivity contribution in [1.82, 2.24) is 15.3 Å². The van der Waals surface area contributed by atoms with Gasteiger partial charge in [0.2, 0.25) is 17.8 Å². The van der Waals surface area contributed by atoms with Crippen molar-refractivity contribution >= 4 is 62.8 Å². The van der Waals surface area contributed by atoms with Gasteiger partial charge in [-0.1, -0.05) is 0 Å². The van der Waals surface area contributed by atoms with Crippen LogP contribution in [0.5, 0.6) is 0 Å². The van der Waals surface area contributed by atoms with Crippen molar-refractivity contribution in [2.45, 2.75) is 39.2 Å². The molecule has 0 radical (unpaired) electrons. The van der Waals surface area contributed by atoms with E-state index >= 15 is 0 Å². The van der Waals surface area contributed by atoms with Crippen molar-refractivity contribution in [3.8, 4) is 0 Å². The number of carbonyl (C=O) groups is 4. The molecule has 2 aromatic rings. The van der Waals surface area contributed by atoms with Crippen LogP contribution in [-0.4, -0.2) is 52.9 Å². The van der Waals surface area contributed by atoms with Gasteiger partial charge in [0, 0.05) is 43.5 Å². The number of benzene rings is 1. The lowest BCUT2D eigenvalue weighted by atomic mass is 9.91. The molecule has 0 unspecified atom stereocenters. The normalized spacial score (nSPS) is 15.1. The number of amides is 3. The summed E-state index contributed by atoms with van der Waals surface area (Å²) in [5, 5.41) is 11.7. The Labute approximate surface area is 216 Å². The molecule has 1 aliphatic rings. The van der Waals surface area contributed by atoms with E-state index in [4.69, 9.17) is 10.5 Å². The van der Waals surface area contributed by atoms with Gasteiger partial charge in [-0.2, -0.15) is 4.98 Å². The highest BCUT2D eigenvalue weighted by Gasteiger charge is 2.33. The van der Waals surface area contributed by atoms with Gasteiger partial charge in [-0.15, -0.1) is 0 Å². The van der Waals surface area contributed by atoms with E-state index in [1.54, 1.807) is 30.5 Å². The predicted molar refractivity (Wildman–Crippen MR) is 136 cm³/mol. The topological polar surface area (TPSA) is 177 Å². The summed E-state index contributed by atoms with van der Waals surface area (Å²) < 4.78 is 5.63. The zero-order valence-corrected chi connectivity index (χ0v) is 21.5. The van der Waals surface area contributed by atoms with Crippen LogP contribution in [0.1, 0.15) is 33.1 Å². The number of hydrogen-bond donors (Lipinski definition) is 5. The van der Waals surface area contributed by atoms with Crippen LogP contribution in [0.25, 0.3) is 0 Å². The van der Waals surface area contributed by atoms with E-state index in [2.05, 4.69) is 47.2 Å². The van der Waals surface area contributed by atoms with Crippen molar-refractivity contribution in [3.63, 3.8) is 0 Å². The number of esters is 1. The minimum atomic E-state index is -1.27. The largest absolute Gasteiger partial charge is 0.452 e. The first kappa shape index (κ1) is 26.9. The van der Waals surface area contributed by atoms with Gasteiger partial charge in [0.1, 0.15) is 11.2 Å². The summed E-state index contributed by atoms with van der Waals surface area (Å²) in [6.07, 6.45) is 2.07. The average Bonchev–Trinajstić information content (AvgIpc) is 3.28. The molecule has 1 aliphatic heterocycles. The number of rotatable bonds is 11. The van der Waals surface area contributed by atoms with Crippen LogP contribution in [0.2, 0.25) is 0 Å². The zero-order chi connectivity index (χ0) is 26.3. The van der Waals surface area contributed by atoms with Crippen molar-refractivity contribution < 1.29 is 23.9 Å². The molecule has 1 saturated heterocycles. The van der Waals surface area contributed by atoms with Crippen molar-refractivity contribution in [2.24, 2.45) is 11.1 Å². The Morgan fingerprint density at radius 3 is 2.50 bits per heavy atom. The van der Waals surface area contributed by atoms with Gasteiger partial charge in [0.25, 0.3) is 5.91 Å². The summed E-state index contributed by atoms with van der Waals surface area (Å²) in [6, 6.07) is 6.93. The number of nitrogens with one attached hydrogen (secondary N) is 4. The fourth-order valence-electron chi connectivity index (χ4n) is 3.08. The van der Waals surface area contributed by atoms with Crippen molar-refractivity contribution in [2.75, 3.05) is 29.0 Å². The van der Waals surface area contributed by atoms with Crippen LogP contribution in [0.3, 0.4) is 0 Å². The summed E-state index contributed by atoms with van der Waals surface area (Å²) in [6.45, 7) is 3.83. The second-order valence-corrected chi connectivity index (χ2v) is 9.48. The lowest BCUT2D eigenvalue weighted by molar-refractivity contribution is -0.146. The van der Waals surface area contributed by atoms with E-state index in [0.29, 0.717) is 53.5 Å². The highest BCUT2D eigenvalue weighted by molar-refractivity contribution is 9.10. The average molecular weight is 562 g/mol. The number of aromatic nitrogens is 2. The van der Waals surface area contributed by atoms with Gasteiger partial charge in [0.05, 0.1) is 4.47 Å². The number of anilines is 4. The highest BCUT2D eigenvalue weighted by Crippen LogP contribution is 2.23. The third-order valence-corrected chi connectivity index (χ3v) is 6.03. The molecule has 2 heterocycles. The third-order valence-electron chi connectivity index (χ3n) is 5.44. The molecule has 0 saturated carbocycles. The van der Waals surface area contributed by atoms with Gasteiger partial charge in [-0.25, -0.2) is 4.98 Å². The predicted octanol–water partition coefficient (Wildman–Crippen LogP) is 2.06. The smallest absolute Gasteiger partial charge is 0.306 e. The molecule has 0 aliphatic carbocycles. The number of primary amides is 1. The summed E-state index contributed by atoms with van der Waals surface area (Å²) in [4.78, 5) is 55.4. The number of halogens is 1. The molecule has 0 bridgehead atoms. The number of cyclic esters (lactones) is 1. The van der Waals surface area contributed by atoms with E-state index in [1.165, 1.54) is 13.8 Å². The Bertz CT molecular complexity index is 1140. The fraction of sp³-hybridized carbons (Fsp3) is 0.391. The van der Waals surface area contributed by atoms with Crippen LogP contribution in [0.4, 0.5) is 23.1 Å². The van der Waals surface area contributed by atoms with Crippen LogP contribution < -0.4 is 27.0 Å². The third kappa shape index (κ3) is 7.13. The number of ether oxygens (including phenoxy) is 1. The molecule has 192 valence electrons. The summed E-state index contributed by atoms with van der Waals surface area (Å²) in [7, 11) is 0. The van der Waals surface area contributed by atoms with Crippen LogP contribution in [0.15, 0.2) is 34.9 Å². The minimum Gasteiger partial charge on any atom is -0.452 e. The van der Waals surface area contributed by atoms with E-state index in [0.717, 1.165) is 0 Å². The Hall–Kier alpha value is -3.74. The van der Waals surface area contributed by atoms with Crippen LogP contribution >= 0.6 is 15.9 Å². The Morgan fingerprint density at radius 1 is 1.17 bits per heavy atom. The molecule has 0 spiro atoms. The molecular formula is C23H28BrN7O5. The molecule has 1 atom stereocenters. The molecular weight excluding hydrogens is 534 g/mol. The maximum atomic E-state index is 12.2. The Morgan fingerprint density at radius 2 is 1.86 bits per heavy atom. The molecule has 12 nitrogen and oxygen atoms in total. The molecule has 6 N–H and O–H groups in total. The molecule has 13 heteroatoms. The van der Waals surface area contributed by atoms with Gasteiger partial charge < -0.3 is 31.7 Å². The first-order valence-electron chi connectivity index (χ1n) is 11.3. The van der Waals surface area contributed by atoms with Gasteiger partial charge >= 0.3 is 5.97 Å². The summed E-state index contributed by atoms with van der Waals surface area (Å²) in [5.74, 6) is -0.909. The monoisotopic (exact) mass is 561 g/mol. The van der Waals surface area contributed by atoms with Gasteiger partial charge in [0.15, 0.2) is 6.10 Å². The molecule has 1 aromatic carbocycles. The van der Waals surface area contributed by atoms with Gasteiger partial charge in [-0.05, 0) is 60.5 Å². The van der Waals surface area contributed by atoms with Gasteiger partial charge in [-0.3, -0.25) is 19.2 Å². The van der Waals surface area contributed by atoms with E-state index in [-0.39, 0.29) is 18.3 Å². The zero-order valence-electron chi connectivity index (χ0n) is 19.9. The maximum Gasteiger partial charge on any atom is 0.306 e. The second kappa shape index (κ2) is 11.8. The molecule has 3 rings (SSSR count). The van der Waals surface area contributed by atoms with Crippen molar-refractivity contribution in [3.05, 3.63) is 34.9 Å². The Balaban J connectivity index is 1.48. The second-order valence-electron chi connectivity index (χ2n) is 8.62. The van der Waals surface area contributed by atoms with E-state index < -0.39 is 23.3 Å². The van der Waals surface area contributed by atoms with Crippen LogP contribution in [-0.2, 0) is 23.9 Å². The van der Waals surface area contributed by atoms with E-state index in [1.807, 2.05) is 0 Å². The number of hydrogen-bond acceptors (Lipinski definition) is 9. The minimum absolute atomic E-state index is 0.247.